The maximum absolute atomic E-state index is 10.1. The molecule has 0 aliphatic heterocycles. The quantitative estimate of drug-likeness (QED) is 0.835. The molecule has 1 aromatic carbocycles. The Hall–Kier alpha value is -0.0600. The predicted octanol–water partition coefficient (Wildman–Crippen LogP) is 4.17. The fourth-order valence-corrected chi connectivity index (χ4v) is 2.58. The van der Waals surface area contributed by atoms with Gasteiger partial charge in [-0.25, -0.2) is 0 Å². The van der Waals surface area contributed by atoms with E-state index in [9.17, 15) is 5.11 Å². The summed E-state index contributed by atoms with van der Waals surface area (Å²) in [6, 6.07) is 5.95. The number of hydrogen-bond acceptors (Lipinski definition) is 2. The maximum atomic E-state index is 10.1. The van der Waals surface area contributed by atoms with Crippen molar-refractivity contribution in [1.29, 1.82) is 0 Å². The Kier molecular flexibility index (Phi) is 5.28. The van der Waals surface area contributed by atoms with Gasteiger partial charge in [-0.2, -0.15) is 0 Å². The van der Waals surface area contributed by atoms with Crippen molar-refractivity contribution in [3.05, 3.63) is 27.1 Å². The summed E-state index contributed by atoms with van der Waals surface area (Å²) in [7, 11) is 0. The highest BCUT2D eigenvalue weighted by Gasteiger charge is 2.21. The SMILES string of the molecule is CCC(O)(CC)CNc1ccc(Br)cc1Br. The van der Waals surface area contributed by atoms with Crippen molar-refractivity contribution >= 4 is 37.5 Å². The Labute approximate surface area is 114 Å². The minimum atomic E-state index is -0.619. The van der Waals surface area contributed by atoms with Gasteiger partial charge in [-0.05, 0) is 47.0 Å². The van der Waals surface area contributed by atoms with Crippen LogP contribution < -0.4 is 5.32 Å². The second-order valence-corrected chi connectivity index (χ2v) is 5.68. The van der Waals surface area contributed by atoms with Gasteiger partial charge in [0.2, 0.25) is 0 Å². The second kappa shape index (κ2) is 6.03. The molecule has 0 aromatic heterocycles. The lowest BCUT2D eigenvalue weighted by atomic mass is 9.97. The van der Waals surface area contributed by atoms with Crippen LogP contribution in [0.15, 0.2) is 27.1 Å². The number of halogens is 2. The summed E-state index contributed by atoms with van der Waals surface area (Å²) in [6.45, 7) is 4.57. The van der Waals surface area contributed by atoms with Gasteiger partial charge < -0.3 is 10.4 Å². The number of rotatable bonds is 5. The van der Waals surface area contributed by atoms with Gasteiger partial charge in [0.1, 0.15) is 0 Å². The summed E-state index contributed by atoms with van der Waals surface area (Å²) < 4.78 is 2.03. The first-order valence-corrected chi connectivity index (χ1v) is 7.00. The Bertz CT molecular complexity index is 351. The van der Waals surface area contributed by atoms with Crippen LogP contribution >= 0.6 is 31.9 Å². The molecule has 0 atom stereocenters. The molecule has 0 fully saturated rings. The zero-order valence-corrected chi connectivity index (χ0v) is 12.7. The second-order valence-electron chi connectivity index (χ2n) is 3.91. The van der Waals surface area contributed by atoms with Crippen molar-refractivity contribution < 1.29 is 5.11 Å². The van der Waals surface area contributed by atoms with E-state index in [-0.39, 0.29) is 0 Å². The predicted molar refractivity (Wildman–Crippen MR) is 75.9 cm³/mol. The van der Waals surface area contributed by atoms with Crippen molar-refractivity contribution in [3.63, 3.8) is 0 Å². The molecule has 90 valence electrons. The Balaban J connectivity index is 2.67. The van der Waals surface area contributed by atoms with Crippen LogP contribution in [0.3, 0.4) is 0 Å². The van der Waals surface area contributed by atoms with E-state index >= 15 is 0 Å². The number of aliphatic hydroxyl groups is 1. The van der Waals surface area contributed by atoms with Crippen LogP contribution in [-0.2, 0) is 0 Å². The lowest BCUT2D eigenvalue weighted by molar-refractivity contribution is 0.0457. The highest BCUT2D eigenvalue weighted by Crippen LogP contribution is 2.27. The average molecular weight is 351 g/mol. The van der Waals surface area contributed by atoms with Crippen LogP contribution in [0.1, 0.15) is 26.7 Å². The smallest absolute Gasteiger partial charge is 0.0814 e. The molecule has 0 unspecified atom stereocenters. The van der Waals surface area contributed by atoms with E-state index in [0.29, 0.717) is 6.54 Å². The summed E-state index contributed by atoms with van der Waals surface area (Å²) in [5, 5.41) is 13.4. The van der Waals surface area contributed by atoms with Gasteiger partial charge in [0.15, 0.2) is 0 Å². The number of nitrogens with one attached hydrogen (secondary N) is 1. The van der Waals surface area contributed by atoms with E-state index in [0.717, 1.165) is 27.5 Å². The number of benzene rings is 1. The highest BCUT2D eigenvalue weighted by molar-refractivity contribution is 9.11. The van der Waals surface area contributed by atoms with Gasteiger partial charge >= 0.3 is 0 Å². The molecule has 0 bridgehead atoms. The van der Waals surface area contributed by atoms with E-state index in [1.165, 1.54) is 0 Å². The zero-order chi connectivity index (χ0) is 12.2. The highest BCUT2D eigenvalue weighted by atomic mass is 79.9. The monoisotopic (exact) mass is 349 g/mol. The summed E-state index contributed by atoms with van der Waals surface area (Å²) in [5.74, 6) is 0. The lowest BCUT2D eigenvalue weighted by Gasteiger charge is -2.26. The van der Waals surface area contributed by atoms with Crippen LogP contribution in [-0.4, -0.2) is 17.3 Å². The zero-order valence-electron chi connectivity index (χ0n) is 9.56. The molecule has 0 aliphatic carbocycles. The summed E-state index contributed by atoms with van der Waals surface area (Å²) in [5.41, 5.74) is 0.385. The van der Waals surface area contributed by atoms with Crippen molar-refractivity contribution in [2.45, 2.75) is 32.3 Å². The first-order chi connectivity index (χ1) is 7.50. The van der Waals surface area contributed by atoms with Crippen LogP contribution in [0.5, 0.6) is 0 Å². The van der Waals surface area contributed by atoms with Crippen LogP contribution in [0.4, 0.5) is 5.69 Å². The van der Waals surface area contributed by atoms with Gasteiger partial charge in [0.25, 0.3) is 0 Å². The average Bonchev–Trinajstić information content (AvgIpc) is 2.27. The first-order valence-electron chi connectivity index (χ1n) is 5.42. The minimum Gasteiger partial charge on any atom is -0.388 e. The molecule has 0 spiro atoms. The number of anilines is 1. The molecule has 0 heterocycles. The summed E-state index contributed by atoms with van der Waals surface area (Å²) >= 11 is 6.89. The van der Waals surface area contributed by atoms with Crippen LogP contribution in [0, 0.1) is 0 Å². The maximum Gasteiger partial charge on any atom is 0.0814 e. The van der Waals surface area contributed by atoms with E-state index in [1.54, 1.807) is 0 Å². The third kappa shape index (κ3) is 3.75. The molecule has 0 amide bonds. The largest absolute Gasteiger partial charge is 0.388 e. The fourth-order valence-electron chi connectivity index (χ4n) is 1.39. The molecular weight excluding hydrogens is 334 g/mol. The molecule has 0 saturated carbocycles. The van der Waals surface area contributed by atoms with Crippen molar-refractivity contribution in [1.82, 2.24) is 0 Å². The van der Waals surface area contributed by atoms with Gasteiger partial charge in [-0.3, -0.25) is 0 Å². The lowest BCUT2D eigenvalue weighted by Crippen LogP contribution is -2.35. The molecule has 2 nitrogen and oxygen atoms in total. The number of hydrogen-bond donors (Lipinski definition) is 2. The summed E-state index contributed by atoms with van der Waals surface area (Å²) in [4.78, 5) is 0. The Morgan fingerprint density at radius 1 is 1.25 bits per heavy atom. The molecule has 4 heteroatoms. The Morgan fingerprint density at radius 2 is 1.88 bits per heavy atom. The molecule has 0 radical (unpaired) electrons. The Morgan fingerprint density at radius 3 is 2.38 bits per heavy atom. The first kappa shape index (κ1) is 14.0. The molecule has 16 heavy (non-hydrogen) atoms. The van der Waals surface area contributed by atoms with Crippen molar-refractivity contribution in [3.8, 4) is 0 Å². The topological polar surface area (TPSA) is 32.3 Å². The molecule has 0 aliphatic rings. The van der Waals surface area contributed by atoms with E-state index in [1.807, 2.05) is 32.0 Å². The van der Waals surface area contributed by atoms with E-state index in [4.69, 9.17) is 0 Å². The molecule has 1 rings (SSSR count). The van der Waals surface area contributed by atoms with Gasteiger partial charge in [0, 0.05) is 21.2 Å². The van der Waals surface area contributed by atoms with Crippen molar-refractivity contribution in [2.24, 2.45) is 0 Å². The molecular formula is C12H17Br2NO. The van der Waals surface area contributed by atoms with Gasteiger partial charge in [-0.15, -0.1) is 0 Å². The fraction of sp³-hybridized carbons (Fsp3) is 0.500. The summed E-state index contributed by atoms with van der Waals surface area (Å²) in [6.07, 6.45) is 1.51. The third-order valence-electron chi connectivity index (χ3n) is 2.86. The van der Waals surface area contributed by atoms with Crippen LogP contribution in [0.25, 0.3) is 0 Å². The van der Waals surface area contributed by atoms with Crippen molar-refractivity contribution in [2.75, 3.05) is 11.9 Å². The van der Waals surface area contributed by atoms with Gasteiger partial charge in [-0.1, -0.05) is 29.8 Å². The molecule has 2 N–H and O–H groups in total. The third-order valence-corrected chi connectivity index (χ3v) is 4.00. The molecule has 1 aromatic rings. The minimum absolute atomic E-state index is 0.570. The van der Waals surface area contributed by atoms with E-state index < -0.39 is 5.60 Å². The normalized spacial score (nSPS) is 11.6. The van der Waals surface area contributed by atoms with E-state index in [2.05, 4.69) is 37.2 Å². The van der Waals surface area contributed by atoms with Gasteiger partial charge in [0.05, 0.1) is 5.60 Å². The molecule has 0 saturated heterocycles. The standard InChI is InChI=1S/C12H17Br2NO/c1-3-12(16,4-2)8-15-11-6-5-9(13)7-10(11)14/h5-7,15-16H,3-4,8H2,1-2H3. The van der Waals surface area contributed by atoms with Crippen LogP contribution in [0.2, 0.25) is 0 Å².